The molecule has 0 aliphatic carbocycles. The minimum atomic E-state index is 0.0846. The standard InChI is InChI=1S/C13H16ClN3O/c1-16-4-5-17-10(8-16)7-13(18)15-11-3-2-9(14)6-12(11)17/h2-3,6,10H,4-5,7-8H2,1H3,(H,15,18). The van der Waals surface area contributed by atoms with Crippen LogP contribution in [-0.2, 0) is 4.79 Å². The Bertz CT molecular complexity index is 491. The van der Waals surface area contributed by atoms with Crippen LogP contribution < -0.4 is 10.2 Å². The Morgan fingerprint density at radius 3 is 3.06 bits per heavy atom. The highest BCUT2D eigenvalue weighted by Gasteiger charge is 2.31. The molecule has 0 spiro atoms. The molecular weight excluding hydrogens is 250 g/mol. The van der Waals surface area contributed by atoms with Crippen LogP contribution in [0.3, 0.4) is 0 Å². The normalized spacial score (nSPS) is 24.0. The van der Waals surface area contributed by atoms with Gasteiger partial charge >= 0.3 is 0 Å². The first-order valence-electron chi connectivity index (χ1n) is 6.18. The van der Waals surface area contributed by atoms with E-state index in [9.17, 15) is 4.79 Å². The van der Waals surface area contributed by atoms with E-state index in [0.29, 0.717) is 11.4 Å². The number of benzene rings is 1. The number of nitrogens with zero attached hydrogens (tertiary/aromatic N) is 2. The quantitative estimate of drug-likeness (QED) is 0.777. The average Bonchev–Trinajstić information content (AvgIpc) is 2.44. The van der Waals surface area contributed by atoms with Crippen LogP contribution in [0.25, 0.3) is 0 Å². The van der Waals surface area contributed by atoms with Gasteiger partial charge in [0.05, 0.1) is 17.4 Å². The molecule has 0 aromatic heterocycles. The third-order valence-corrected chi connectivity index (χ3v) is 3.89. The summed E-state index contributed by atoms with van der Waals surface area (Å²) in [6, 6.07) is 5.89. The van der Waals surface area contributed by atoms with E-state index in [-0.39, 0.29) is 11.9 Å². The molecule has 2 aliphatic rings. The predicted molar refractivity (Wildman–Crippen MR) is 73.3 cm³/mol. The number of piperazine rings is 1. The van der Waals surface area contributed by atoms with E-state index in [1.807, 2.05) is 18.2 Å². The first-order chi connectivity index (χ1) is 8.63. The number of fused-ring (bicyclic) bond motifs is 3. The van der Waals surface area contributed by atoms with Gasteiger partial charge in [-0.05, 0) is 25.2 Å². The van der Waals surface area contributed by atoms with E-state index in [1.165, 1.54) is 0 Å². The van der Waals surface area contributed by atoms with Crippen molar-refractivity contribution in [3.8, 4) is 0 Å². The number of hydrogen-bond acceptors (Lipinski definition) is 3. The lowest BCUT2D eigenvalue weighted by Gasteiger charge is -2.40. The van der Waals surface area contributed by atoms with Crippen LogP contribution in [-0.4, -0.2) is 43.5 Å². The third-order valence-electron chi connectivity index (χ3n) is 3.65. The molecule has 1 N–H and O–H groups in total. The van der Waals surface area contributed by atoms with Crippen LogP contribution in [0.1, 0.15) is 6.42 Å². The van der Waals surface area contributed by atoms with Crippen molar-refractivity contribution in [1.29, 1.82) is 0 Å². The largest absolute Gasteiger partial charge is 0.364 e. The smallest absolute Gasteiger partial charge is 0.226 e. The van der Waals surface area contributed by atoms with Crippen molar-refractivity contribution in [2.75, 3.05) is 36.9 Å². The van der Waals surface area contributed by atoms with Gasteiger partial charge in [0.1, 0.15) is 0 Å². The Morgan fingerprint density at radius 1 is 1.39 bits per heavy atom. The lowest BCUT2D eigenvalue weighted by molar-refractivity contribution is -0.116. The Labute approximate surface area is 112 Å². The van der Waals surface area contributed by atoms with Crippen LogP contribution in [0, 0.1) is 0 Å². The molecule has 96 valence electrons. The average molecular weight is 266 g/mol. The molecule has 1 aromatic carbocycles. The number of halogens is 1. The van der Waals surface area contributed by atoms with Gasteiger partial charge in [-0.1, -0.05) is 11.6 Å². The van der Waals surface area contributed by atoms with Crippen molar-refractivity contribution in [1.82, 2.24) is 4.90 Å². The van der Waals surface area contributed by atoms with E-state index < -0.39 is 0 Å². The van der Waals surface area contributed by atoms with Crippen molar-refractivity contribution < 1.29 is 4.79 Å². The molecule has 0 saturated carbocycles. The van der Waals surface area contributed by atoms with E-state index in [1.54, 1.807) is 0 Å². The number of nitrogens with one attached hydrogen (secondary N) is 1. The van der Waals surface area contributed by atoms with Gasteiger partial charge in [-0.15, -0.1) is 0 Å². The van der Waals surface area contributed by atoms with E-state index in [2.05, 4.69) is 22.2 Å². The summed E-state index contributed by atoms with van der Waals surface area (Å²) >= 11 is 6.08. The Balaban J connectivity index is 2.03. The van der Waals surface area contributed by atoms with Crippen LogP contribution in [0.2, 0.25) is 5.02 Å². The maximum absolute atomic E-state index is 11.9. The molecule has 1 amide bonds. The highest BCUT2D eigenvalue weighted by molar-refractivity contribution is 6.31. The van der Waals surface area contributed by atoms with Gasteiger partial charge in [0.25, 0.3) is 0 Å². The van der Waals surface area contributed by atoms with Crippen molar-refractivity contribution in [2.45, 2.75) is 12.5 Å². The topological polar surface area (TPSA) is 35.6 Å². The van der Waals surface area contributed by atoms with Gasteiger partial charge in [0.2, 0.25) is 5.91 Å². The zero-order valence-electron chi connectivity index (χ0n) is 10.3. The van der Waals surface area contributed by atoms with Gasteiger partial charge in [-0.2, -0.15) is 0 Å². The second kappa shape index (κ2) is 4.44. The summed E-state index contributed by atoms with van der Waals surface area (Å²) in [4.78, 5) is 16.5. The molecule has 0 bridgehead atoms. The maximum Gasteiger partial charge on any atom is 0.226 e. The van der Waals surface area contributed by atoms with Gasteiger partial charge in [-0.25, -0.2) is 0 Å². The van der Waals surface area contributed by atoms with E-state index >= 15 is 0 Å². The highest BCUT2D eigenvalue weighted by Crippen LogP contribution is 2.34. The summed E-state index contributed by atoms with van der Waals surface area (Å²) in [7, 11) is 2.10. The van der Waals surface area contributed by atoms with Gasteiger partial charge < -0.3 is 15.1 Å². The number of anilines is 2. The van der Waals surface area contributed by atoms with Crippen LogP contribution in [0.15, 0.2) is 18.2 Å². The molecule has 3 rings (SSSR count). The Kier molecular flexibility index (Phi) is 2.92. The Hall–Kier alpha value is -1.26. The second-order valence-corrected chi connectivity index (χ2v) is 5.46. The summed E-state index contributed by atoms with van der Waals surface area (Å²) in [5.74, 6) is 0.0846. The summed E-state index contributed by atoms with van der Waals surface area (Å²) < 4.78 is 0. The number of carbonyl (C=O) groups is 1. The van der Waals surface area contributed by atoms with Crippen LogP contribution >= 0.6 is 11.6 Å². The summed E-state index contributed by atoms with van der Waals surface area (Å²) in [5, 5.41) is 3.67. The number of rotatable bonds is 0. The fourth-order valence-corrected chi connectivity index (χ4v) is 2.93. The number of likely N-dealkylation sites (N-methyl/N-ethyl adjacent to an activating group) is 1. The predicted octanol–water partition coefficient (Wildman–Crippen LogP) is 1.80. The summed E-state index contributed by atoms with van der Waals surface area (Å²) in [6.45, 7) is 2.86. The number of hydrogen-bond donors (Lipinski definition) is 1. The fourth-order valence-electron chi connectivity index (χ4n) is 2.77. The minimum Gasteiger partial charge on any atom is -0.364 e. The fraction of sp³-hybridized carbons (Fsp3) is 0.462. The molecular formula is C13H16ClN3O. The minimum absolute atomic E-state index is 0.0846. The number of amides is 1. The SMILES string of the molecule is CN1CCN2c3cc(Cl)ccc3NC(=O)CC2C1. The lowest BCUT2D eigenvalue weighted by atomic mass is 10.1. The highest BCUT2D eigenvalue weighted by atomic mass is 35.5. The van der Waals surface area contributed by atoms with Gasteiger partial charge in [0.15, 0.2) is 0 Å². The molecule has 18 heavy (non-hydrogen) atoms. The molecule has 4 nitrogen and oxygen atoms in total. The number of carbonyl (C=O) groups excluding carboxylic acids is 1. The second-order valence-electron chi connectivity index (χ2n) is 5.02. The zero-order chi connectivity index (χ0) is 12.7. The molecule has 1 unspecified atom stereocenters. The molecule has 1 aromatic rings. The first-order valence-corrected chi connectivity index (χ1v) is 6.56. The summed E-state index contributed by atoms with van der Waals surface area (Å²) in [6.07, 6.45) is 0.538. The third kappa shape index (κ3) is 2.06. The van der Waals surface area contributed by atoms with Gasteiger partial charge in [0, 0.05) is 31.1 Å². The van der Waals surface area contributed by atoms with Gasteiger partial charge in [-0.3, -0.25) is 4.79 Å². The van der Waals surface area contributed by atoms with Crippen molar-refractivity contribution in [3.63, 3.8) is 0 Å². The van der Waals surface area contributed by atoms with Crippen molar-refractivity contribution in [3.05, 3.63) is 23.2 Å². The maximum atomic E-state index is 11.9. The lowest BCUT2D eigenvalue weighted by Crippen LogP contribution is -2.52. The Morgan fingerprint density at radius 2 is 2.22 bits per heavy atom. The molecule has 2 aliphatic heterocycles. The molecule has 1 fully saturated rings. The monoisotopic (exact) mass is 265 g/mol. The van der Waals surface area contributed by atoms with E-state index in [4.69, 9.17) is 11.6 Å². The first kappa shape index (κ1) is 11.8. The summed E-state index contributed by atoms with van der Waals surface area (Å²) in [5.41, 5.74) is 1.92. The molecule has 1 saturated heterocycles. The van der Waals surface area contributed by atoms with Crippen LogP contribution in [0.4, 0.5) is 11.4 Å². The van der Waals surface area contributed by atoms with Crippen molar-refractivity contribution in [2.24, 2.45) is 0 Å². The molecule has 5 heteroatoms. The molecule has 2 heterocycles. The van der Waals surface area contributed by atoms with Crippen LogP contribution in [0.5, 0.6) is 0 Å². The van der Waals surface area contributed by atoms with Crippen molar-refractivity contribution >= 4 is 28.9 Å². The molecule has 0 radical (unpaired) electrons. The van der Waals surface area contributed by atoms with E-state index in [0.717, 1.165) is 31.0 Å². The molecule has 1 atom stereocenters. The zero-order valence-corrected chi connectivity index (χ0v) is 11.1.